The van der Waals surface area contributed by atoms with Gasteiger partial charge in [-0.2, -0.15) is 0 Å². The third-order valence-electron chi connectivity index (χ3n) is 3.14. The van der Waals surface area contributed by atoms with Gasteiger partial charge in [-0.3, -0.25) is 9.78 Å². The van der Waals surface area contributed by atoms with E-state index in [1.54, 1.807) is 12.4 Å². The Labute approximate surface area is 123 Å². The number of aromatic nitrogens is 2. The number of hydrogen-bond acceptors (Lipinski definition) is 5. The first-order chi connectivity index (χ1) is 9.61. The Balaban J connectivity index is 2.05. The van der Waals surface area contributed by atoms with E-state index in [0.29, 0.717) is 0 Å². The summed E-state index contributed by atoms with van der Waals surface area (Å²) in [7, 11) is 2.01. The molecular weight excluding hydrogens is 270 g/mol. The molecule has 4 nitrogen and oxygen atoms in total. The monoisotopic (exact) mass is 289 g/mol. The first-order valence-corrected chi connectivity index (χ1v) is 7.49. The molecule has 0 saturated heterocycles. The van der Waals surface area contributed by atoms with E-state index in [-0.39, 0.29) is 5.92 Å². The minimum absolute atomic E-state index is 0.272. The first-order valence-electron chi connectivity index (χ1n) is 6.67. The van der Waals surface area contributed by atoms with Crippen LogP contribution in [0.25, 0.3) is 0 Å². The number of carbonyl (C=O) groups is 1. The van der Waals surface area contributed by atoms with Gasteiger partial charge in [0.15, 0.2) is 11.4 Å². The summed E-state index contributed by atoms with van der Waals surface area (Å²) in [5, 5.41) is 0.907. The van der Waals surface area contributed by atoms with Crippen molar-refractivity contribution in [3.63, 3.8) is 0 Å². The molecule has 0 N–H and O–H groups in total. The average molecular weight is 289 g/mol. The lowest BCUT2D eigenvalue weighted by atomic mass is 10.1. The lowest BCUT2D eigenvalue weighted by Crippen LogP contribution is -2.20. The van der Waals surface area contributed by atoms with E-state index < -0.39 is 0 Å². The van der Waals surface area contributed by atoms with Crippen LogP contribution in [0, 0.1) is 0 Å². The van der Waals surface area contributed by atoms with E-state index in [0.717, 1.165) is 35.0 Å². The second kappa shape index (κ2) is 6.61. The molecule has 2 heterocycles. The van der Waals surface area contributed by atoms with Crippen molar-refractivity contribution in [3.05, 3.63) is 40.7 Å². The second-order valence-corrected chi connectivity index (χ2v) is 6.05. The van der Waals surface area contributed by atoms with Crippen LogP contribution in [0.15, 0.2) is 24.5 Å². The maximum absolute atomic E-state index is 11.1. The van der Waals surface area contributed by atoms with E-state index in [9.17, 15) is 4.79 Å². The number of aldehydes is 1. The van der Waals surface area contributed by atoms with Crippen LogP contribution >= 0.6 is 11.3 Å². The van der Waals surface area contributed by atoms with Crippen LogP contribution in [-0.4, -0.2) is 29.8 Å². The number of rotatable bonds is 6. The summed E-state index contributed by atoms with van der Waals surface area (Å²) in [6.07, 6.45) is 5.46. The zero-order valence-corrected chi connectivity index (χ0v) is 12.9. The molecule has 2 rings (SSSR count). The molecule has 0 fully saturated rings. The fourth-order valence-corrected chi connectivity index (χ4v) is 2.96. The van der Waals surface area contributed by atoms with E-state index >= 15 is 0 Å². The fraction of sp³-hybridized carbons (Fsp3) is 0.400. The van der Waals surface area contributed by atoms with Crippen molar-refractivity contribution in [1.82, 2.24) is 9.97 Å². The molecule has 2 aromatic heterocycles. The summed E-state index contributed by atoms with van der Waals surface area (Å²) >= 11 is 1.47. The summed E-state index contributed by atoms with van der Waals surface area (Å²) in [4.78, 5) is 22.5. The molecule has 0 radical (unpaired) electrons. The molecule has 2 aromatic rings. The average Bonchev–Trinajstić information content (AvgIpc) is 2.90. The topological polar surface area (TPSA) is 46.1 Å². The van der Waals surface area contributed by atoms with Crippen molar-refractivity contribution in [3.8, 4) is 0 Å². The molecule has 0 saturated carbocycles. The van der Waals surface area contributed by atoms with Gasteiger partial charge >= 0.3 is 0 Å². The number of anilines is 1. The number of pyridine rings is 1. The van der Waals surface area contributed by atoms with Gasteiger partial charge in [0.25, 0.3) is 0 Å². The molecule has 5 heteroatoms. The Hall–Kier alpha value is -1.75. The van der Waals surface area contributed by atoms with E-state index in [1.807, 2.05) is 19.2 Å². The highest BCUT2D eigenvalue weighted by molar-refractivity contribution is 7.17. The highest BCUT2D eigenvalue weighted by Crippen LogP contribution is 2.28. The third-order valence-corrected chi connectivity index (χ3v) is 4.25. The molecule has 0 unspecified atom stereocenters. The van der Waals surface area contributed by atoms with Crippen LogP contribution in [0.1, 0.15) is 40.7 Å². The van der Waals surface area contributed by atoms with Gasteiger partial charge < -0.3 is 4.90 Å². The number of thiazole rings is 1. The summed E-state index contributed by atoms with van der Waals surface area (Å²) < 4.78 is 0. The smallest absolute Gasteiger partial charge is 0.185 e. The highest BCUT2D eigenvalue weighted by Gasteiger charge is 2.15. The number of likely N-dealkylation sites (N-methyl/N-ethyl adjacent to an activating group) is 1. The zero-order chi connectivity index (χ0) is 14.5. The maximum Gasteiger partial charge on any atom is 0.185 e. The van der Waals surface area contributed by atoms with Crippen molar-refractivity contribution < 1.29 is 4.79 Å². The summed E-state index contributed by atoms with van der Waals surface area (Å²) in [6, 6.07) is 4.04. The number of nitrogens with zero attached hydrogens (tertiary/aromatic N) is 3. The SMILES string of the molecule is CC(C)c1nc(N(C)CCc2ccncc2)sc1C=O. The Morgan fingerprint density at radius 3 is 2.60 bits per heavy atom. The molecular formula is C15H19N3OS. The van der Waals surface area contributed by atoms with Crippen molar-refractivity contribution in [2.45, 2.75) is 26.2 Å². The maximum atomic E-state index is 11.1. The molecule has 0 aromatic carbocycles. The lowest BCUT2D eigenvalue weighted by molar-refractivity contribution is 0.112. The predicted molar refractivity (Wildman–Crippen MR) is 82.8 cm³/mol. The molecule has 0 aliphatic rings. The van der Waals surface area contributed by atoms with Crippen LogP contribution in [0.5, 0.6) is 0 Å². The van der Waals surface area contributed by atoms with Gasteiger partial charge in [0.1, 0.15) is 0 Å². The van der Waals surface area contributed by atoms with Crippen molar-refractivity contribution in [2.75, 3.05) is 18.5 Å². The van der Waals surface area contributed by atoms with E-state index in [2.05, 4.69) is 28.7 Å². The lowest BCUT2D eigenvalue weighted by Gasteiger charge is -2.15. The van der Waals surface area contributed by atoms with Gasteiger partial charge in [0, 0.05) is 26.0 Å². The molecule has 0 bridgehead atoms. The van der Waals surface area contributed by atoms with Gasteiger partial charge in [-0.15, -0.1) is 0 Å². The number of hydrogen-bond donors (Lipinski definition) is 0. The van der Waals surface area contributed by atoms with E-state index in [1.165, 1.54) is 16.9 Å². The first kappa shape index (κ1) is 14.7. The molecule has 0 aliphatic heterocycles. The second-order valence-electron chi connectivity index (χ2n) is 5.05. The van der Waals surface area contributed by atoms with E-state index in [4.69, 9.17) is 0 Å². The summed E-state index contributed by atoms with van der Waals surface area (Å²) in [5.41, 5.74) is 2.15. The highest BCUT2D eigenvalue weighted by atomic mass is 32.1. The molecule has 0 amide bonds. The van der Waals surface area contributed by atoms with Gasteiger partial charge in [-0.25, -0.2) is 4.98 Å². The normalized spacial score (nSPS) is 10.8. The van der Waals surface area contributed by atoms with Crippen LogP contribution in [0.3, 0.4) is 0 Å². The van der Waals surface area contributed by atoms with Crippen molar-refractivity contribution in [2.24, 2.45) is 0 Å². The zero-order valence-electron chi connectivity index (χ0n) is 12.0. The standard InChI is InChI=1S/C15H19N3OS/c1-11(2)14-13(10-19)20-15(17-14)18(3)9-6-12-4-7-16-8-5-12/h4-5,7-8,10-11H,6,9H2,1-3H3. The third kappa shape index (κ3) is 3.42. The van der Waals surface area contributed by atoms with Gasteiger partial charge in [-0.05, 0) is 30.0 Å². The quantitative estimate of drug-likeness (QED) is 0.766. The van der Waals surface area contributed by atoms with Crippen LogP contribution in [0.4, 0.5) is 5.13 Å². The molecule has 106 valence electrons. The van der Waals surface area contributed by atoms with Gasteiger partial charge in [0.05, 0.1) is 10.6 Å². The Morgan fingerprint density at radius 2 is 2.05 bits per heavy atom. The van der Waals surface area contributed by atoms with Crippen molar-refractivity contribution >= 4 is 22.8 Å². The fourth-order valence-electron chi connectivity index (χ4n) is 1.93. The minimum Gasteiger partial charge on any atom is -0.351 e. The number of carbonyl (C=O) groups excluding carboxylic acids is 1. The summed E-state index contributed by atoms with van der Waals surface area (Å²) in [5.74, 6) is 0.272. The Morgan fingerprint density at radius 1 is 1.35 bits per heavy atom. The van der Waals surface area contributed by atoms with Crippen molar-refractivity contribution in [1.29, 1.82) is 0 Å². The summed E-state index contributed by atoms with van der Waals surface area (Å²) in [6.45, 7) is 4.99. The molecule has 20 heavy (non-hydrogen) atoms. The van der Waals surface area contributed by atoms with Gasteiger partial charge in [0.2, 0.25) is 0 Å². The largest absolute Gasteiger partial charge is 0.351 e. The van der Waals surface area contributed by atoms with Gasteiger partial charge in [-0.1, -0.05) is 25.2 Å². The molecule has 0 spiro atoms. The predicted octanol–water partition coefficient (Wildman–Crippen LogP) is 3.15. The Kier molecular flexibility index (Phi) is 4.84. The van der Waals surface area contributed by atoms with Crippen LogP contribution in [-0.2, 0) is 6.42 Å². The minimum atomic E-state index is 0.272. The Bertz CT molecular complexity index is 566. The molecule has 0 atom stereocenters. The van der Waals surface area contributed by atoms with Crippen LogP contribution < -0.4 is 4.90 Å². The van der Waals surface area contributed by atoms with Crippen LogP contribution in [0.2, 0.25) is 0 Å². The molecule has 0 aliphatic carbocycles.